The zero-order valence-electron chi connectivity index (χ0n) is 6.62. The number of rotatable bonds is 2. The lowest BCUT2D eigenvalue weighted by atomic mass is 10.1. The highest BCUT2D eigenvalue weighted by Crippen LogP contribution is 2.17. The summed E-state index contributed by atoms with van der Waals surface area (Å²) >= 11 is 0. The van der Waals surface area contributed by atoms with Gasteiger partial charge in [-0.15, -0.1) is 0 Å². The first-order valence-corrected chi connectivity index (χ1v) is 4.20. The normalized spacial score (nSPS) is 32.5. The Morgan fingerprint density at radius 2 is 2.09 bits per heavy atom. The molecule has 0 aromatic carbocycles. The Bertz CT molecular complexity index is 127. The van der Waals surface area contributed by atoms with Crippen LogP contribution in [0.3, 0.4) is 0 Å². The van der Waals surface area contributed by atoms with Gasteiger partial charge in [0.25, 0.3) is 0 Å². The third kappa shape index (κ3) is 2.89. The van der Waals surface area contributed by atoms with Crippen molar-refractivity contribution in [3.63, 3.8) is 0 Å². The van der Waals surface area contributed by atoms with Crippen molar-refractivity contribution in [1.29, 1.82) is 0 Å². The molecule has 1 amide bonds. The van der Waals surface area contributed by atoms with Gasteiger partial charge < -0.3 is 10.4 Å². The quantitative estimate of drug-likeness (QED) is 0.451. The molecule has 0 bridgehead atoms. The molecule has 3 heteroatoms. The van der Waals surface area contributed by atoms with E-state index in [1.807, 2.05) is 0 Å². The molecule has 2 unspecified atom stereocenters. The molecule has 0 spiro atoms. The number of carbonyl (C=O) groups excluding carboxylic acids is 1. The SMILES string of the molecule is O=CNC1CCCCC(O)C1. The van der Waals surface area contributed by atoms with E-state index in [9.17, 15) is 9.90 Å². The van der Waals surface area contributed by atoms with Crippen LogP contribution in [0.5, 0.6) is 0 Å². The number of hydrogen-bond acceptors (Lipinski definition) is 2. The van der Waals surface area contributed by atoms with Crippen molar-refractivity contribution < 1.29 is 9.90 Å². The van der Waals surface area contributed by atoms with Gasteiger partial charge in [0.1, 0.15) is 0 Å². The van der Waals surface area contributed by atoms with Crippen LogP contribution in [-0.4, -0.2) is 23.7 Å². The van der Waals surface area contributed by atoms with E-state index in [0.29, 0.717) is 0 Å². The summed E-state index contributed by atoms with van der Waals surface area (Å²) in [5, 5.41) is 12.0. The Morgan fingerprint density at radius 3 is 2.82 bits per heavy atom. The van der Waals surface area contributed by atoms with Crippen molar-refractivity contribution in [2.24, 2.45) is 0 Å². The molecule has 0 saturated heterocycles. The Morgan fingerprint density at radius 1 is 1.36 bits per heavy atom. The molecular formula is C8H15NO2. The summed E-state index contributed by atoms with van der Waals surface area (Å²) < 4.78 is 0. The van der Waals surface area contributed by atoms with Crippen LogP contribution in [0.4, 0.5) is 0 Å². The smallest absolute Gasteiger partial charge is 0.207 e. The molecule has 1 aliphatic rings. The van der Waals surface area contributed by atoms with E-state index in [-0.39, 0.29) is 12.1 Å². The van der Waals surface area contributed by atoms with E-state index in [2.05, 4.69) is 5.32 Å². The minimum absolute atomic E-state index is 0.199. The Balaban J connectivity index is 2.32. The van der Waals surface area contributed by atoms with Gasteiger partial charge in [-0.3, -0.25) is 4.79 Å². The summed E-state index contributed by atoms with van der Waals surface area (Å²) in [4.78, 5) is 10.1. The molecular weight excluding hydrogens is 142 g/mol. The van der Waals surface area contributed by atoms with Crippen molar-refractivity contribution in [2.45, 2.75) is 44.2 Å². The molecule has 2 atom stereocenters. The van der Waals surface area contributed by atoms with E-state index in [4.69, 9.17) is 0 Å². The van der Waals surface area contributed by atoms with Crippen LogP contribution < -0.4 is 5.32 Å². The van der Waals surface area contributed by atoms with E-state index in [1.165, 1.54) is 0 Å². The van der Waals surface area contributed by atoms with Crippen LogP contribution in [0.15, 0.2) is 0 Å². The minimum Gasteiger partial charge on any atom is -0.393 e. The molecule has 11 heavy (non-hydrogen) atoms. The third-order valence-electron chi connectivity index (χ3n) is 2.20. The van der Waals surface area contributed by atoms with Gasteiger partial charge in [-0.1, -0.05) is 12.8 Å². The lowest BCUT2D eigenvalue weighted by molar-refractivity contribution is -0.110. The second-order valence-electron chi connectivity index (χ2n) is 3.16. The van der Waals surface area contributed by atoms with Gasteiger partial charge in [-0.2, -0.15) is 0 Å². The lowest BCUT2D eigenvalue weighted by Gasteiger charge is -2.14. The largest absolute Gasteiger partial charge is 0.393 e. The first kappa shape index (κ1) is 8.53. The molecule has 1 fully saturated rings. The highest BCUT2D eigenvalue weighted by molar-refractivity contribution is 5.46. The summed E-state index contributed by atoms with van der Waals surface area (Å²) in [5.74, 6) is 0. The van der Waals surface area contributed by atoms with Crippen molar-refractivity contribution in [3.05, 3.63) is 0 Å². The molecule has 3 nitrogen and oxygen atoms in total. The highest BCUT2D eigenvalue weighted by Gasteiger charge is 2.16. The fourth-order valence-electron chi connectivity index (χ4n) is 1.58. The molecule has 1 saturated carbocycles. The highest BCUT2D eigenvalue weighted by atomic mass is 16.3. The van der Waals surface area contributed by atoms with Gasteiger partial charge in [-0.25, -0.2) is 0 Å². The average Bonchev–Trinajstić information content (AvgIpc) is 2.15. The summed E-state index contributed by atoms with van der Waals surface area (Å²) in [6, 6.07) is 0.199. The maximum atomic E-state index is 10.1. The zero-order valence-corrected chi connectivity index (χ0v) is 6.62. The summed E-state index contributed by atoms with van der Waals surface area (Å²) in [6.07, 6.45) is 5.32. The molecule has 1 rings (SSSR count). The molecule has 2 N–H and O–H groups in total. The predicted octanol–water partition coefficient (Wildman–Crippen LogP) is 0.426. The van der Waals surface area contributed by atoms with Gasteiger partial charge >= 0.3 is 0 Å². The van der Waals surface area contributed by atoms with Gasteiger partial charge in [0, 0.05) is 6.04 Å². The third-order valence-corrected chi connectivity index (χ3v) is 2.20. The summed E-state index contributed by atoms with van der Waals surface area (Å²) in [6.45, 7) is 0. The number of amides is 1. The fraction of sp³-hybridized carbons (Fsp3) is 0.875. The molecule has 0 aliphatic heterocycles. The molecule has 64 valence electrons. The Hall–Kier alpha value is -0.570. The Labute approximate surface area is 66.8 Å². The summed E-state index contributed by atoms with van der Waals surface area (Å²) in [5.41, 5.74) is 0. The van der Waals surface area contributed by atoms with Crippen LogP contribution in [0, 0.1) is 0 Å². The molecule has 0 aromatic rings. The second kappa shape index (κ2) is 4.34. The van der Waals surface area contributed by atoms with Crippen LogP contribution in [0.1, 0.15) is 32.1 Å². The van der Waals surface area contributed by atoms with Crippen LogP contribution in [-0.2, 0) is 4.79 Å². The van der Waals surface area contributed by atoms with E-state index < -0.39 is 0 Å². The van der Waals surface area contributed by atoms with E-state index in [0.717, 1.165) is 38.5 Å². The fourth-order valence-corrected chi connectivity index (χ4v) is 1.58. The van der Waals surface area contributed by atoms with Crippen LogP contribution >= 0.6 is 0 Å². The van der Waals surface area contributed by atoms with Gasteiger partial charge in [-0.05, 0) is 19.3 Å². The van der Waals surface area contributed by atoms with Crippen molar-refractivity contribution in [3.8, 4) is 0 Å². The predicted molar refractivity (Wildman–Crippen MR) is 42.1 cm³/mol. The van der Waals surface area contributed by atoms with Crippen molar-refractivity contribution in [1.82, 2.24) is 5.32 Å². The number of aliphatic hydroxyl groups is 1. The zero-order chi connectivity index (χ0) is 8.10. The van der Waals surface area contributed by atoms with Gasteiger partial charge in [0.05, 0.1) is 6.10 Å². The number of carbonyl (C=O) groups is 1. The van der Waals surface area contributed by atoms with Crippen molar-refractivity contribution >= 4 is 6.41 Å². The Kier molecular flexibility index (Phi) is 3.36. The van der Waals surface area contributed by atoms with E-state index in [1.54, 1.807) is 0 Å². The van der Waals surface area contributed by atoms with Crippen LogP contribution in [0.2, 0.25) is 0 Å². The number of hydrogen-bond donors (Lipinski definition) is 2. The topological polar surface area (TPSA) is 49.3 Å². The lowest BCUT2D eigenvalue weighted by Crippen LogP contribution is -2.30. The molecule has 1 aliphatic carbocycles. The number of nitrogens with one attached hydrogen (secondary N) is 1. The van der Waals surface area contributed by atoms with Gasteiger partial charge in [0.2, 0.25) is 6.41 Å². The number of aliphatic hydroxyl groups excluding tert-OH is 1. The monoisotopic (exact) mass is 157 g/mol. The summed E-state index contributed by atoms with van der Waals surface area (Å²) in [7, 11) is 0. The maximum absolute atomic E-state index is 10.1. The second-order valence-corrected chi connectivity index (χ2v) is 3.16. The van der Waals surface area contributed by atoms with Gasteiger partial charge in [0.15, 0.2) is 0 Å². The maximum Gasteiger partial charge on any atom is 0.207 e. The first-order chi connectivity index (χ1) is 5.33. The molecule has 0 radical (unpaired) electrons. The molecule has 0 heterocycles. The first-order valence-electron chi connectivity index (χ1n) is 4.20. The standard InChI is InChI=1S/C8H15NO2/c10-6-9-7-3-1-2-4-8(11)5-7/h6-8,11H,1-5H2,(H,9,10). The average molecular weight is 157 g/mol. The minimum atomic E-state index is -0.213. The van der Waals surface area contributed by atoms with Crippen molar-refractivity contribution in [2.75, 3.05) is 0 Å². The molecule has 0 aromatic heterocycles. The van der Waals surface area contributed by atoms with Crippen LogP contribution in [0.25, 0.3) is 0 Å². The van der Waals surface area contributed by atoms with E-state index >= 15 is 0 Å².